The van der Waals surface area contributed by atoms with Crippen molar-refractivity contribution in [3.05, 3.63) is 22.7 Å². The minimum atomic E-state index is 0.524. The van der Waals surface area contributed by atoms with Crippen molar-refractivity contribution in [1.29, 1.82) is 0 Å². The number of hydrogen-bond acceptors (Lipinski definition) is 5. The molecular formula is C15H23BrO4SSi. The maximum Gasteiger partial charge on any atom is 0.229 e. The number of thiol groups is 1. The average molecular weight is 407 g/mol. The molecule has 0 atom stereocenters. The van der Waals surface area contributed by atoms with Crippen molar-refractivity contribution in [2.75, 3.05) is 39.3 Å². The van der Waals surface area contributed by atoms with Crippen molar-refractivity contribution in [3.8, 4) is 11.5 Å². The Kier molecular flexibility index (Phi) is 11.9. The monoisotopic (exact) mass is 406 g/mol. The number of benzene rings is 1. The van der Waals surface area contributed by atoms with Crippen LogP contribution in [-0.2, 0) is 9.16 Å². The summed E-state index contributed by atoms with van der Waals surface area (Å²) in [7, 11) is 2.21. The van der Waals surface area contributed by atoms with Crippen LogP contribution in [0.15, 0.2) is 22.7 Å². The highest BCUT2D eigenvalue weighted by atomic mass is 79.9. The Hall–Kier alpha value is -0.213. The van der Waals surface area contributed by atoms with Crippen LogP contribution in [0.3, 0.4) is 0 Å². The summed E-state index contributed by atoms with van der Waals surface area (Å²) in [5.41, 5.74) is 0. The Balaban J connectivity index is 2.26. The van der Waals surface area contributed by atoms with Gasteiger partial charge in [0.1, 0.15) is 18.1 Å². The molecule has 1 aromatic carbocycles. The highest BCUT2D eigenvalue weighted by molar-refractivity contribution is 9.10. The molecule has 0 aliphatic heterocycles. The molecule has 0 fully saturated rings. The molecule has 7 heteroatoms. The molecule has 0 amide bonds. The van der Waals surface area contributed by atoms with E-state index in [1.54, 1.807) is 7.11 Å². The van der Waals surface area contributed by atoms with Crippen LogP contribution >= 0.6 is 28.6 Å². The first kappa shape index (κ1) is 19.8. The average Bonchev–Trinajstić information content (AvgIpc) is 2.53. The summed E-state index contributed by atoms with van der Waals surface area (Å²) in [5.74, 6) is 2.48. The zero-order valence-corrected chi connectivity index (χ0v) is 16.3. The molecule has 0 bridgehead atoms. The topological polar surface area (TPSA) is 36.9 Å². The van der Waals surface area contributed by atoms with Gasteiger partial charge in [0.25, 0.3) is 0 Å². The van der Waals surface area contributed by atoms with Crippen LogP contribution in [0.5, 0.6) is 11.5 Å². The maximum absolute atomic E-state index is 5.72. The van der Waals surface area contributed by atoms with E-state index in [1.807, 2.05) is 18.2 Å². The van der Waals surface area contributed by atoms with E-state index in [0.29, 0.717) is 36.2 Å². The van der Waals surface area contributed by atoms with Gasteiger partial charge in [0.15, 0.2) is 0 Å². The van der Waals surface area contributed by atoms with Gasteiger partial charge in [-0.05, 0) is 46.3 Å². The fraction of sp³-hybridized carbons (Fsp3) is 0.600. The summed E-state index contributed by atoms with van der Waals surface area (Å²) in [6, 6.07) is 6.80. The Morgan fingerprint density at radius 3 is 2.73 bits per heavy atom. The van der Waals surface area contributed by atoms with E-state index in [2.05, 4.69) is 28.6 Å². The number of methoxy groups -OCH3 is 1. The predicted octanol–water partition coefficient (Wildman–Crippen LogP) is 3.62. The van der Waals surface area contributed by atoms with Gasteiger partial charge in [-0.2, -0.15) is 12.6 Å². The number of ether oxygens (including phenoxy) is 3. The van der Waals surface area contributed by atoms with Gasteiger partial charge in [-0.1, -0.05) is 0 Å². The van der Waals surface area contributed by atoms with E-state index in [4.69, 9.17) is 18.6 Å². The highest BCUT2D eigenvalue weighted by Crippen LogP contribution is 2.29. The van der Waals surface area contributed by atoms with Crippen molar-refractivity contribution in [2.45, 2.75) is 18.9 Å². The quantitative estimate of drug-likeness (QED) is 0.308. The fourth-order valence-electron chi connectivity index (χ4n) is 1.57. The Labute approximate surface area is 149 Å². The van der Waals surface area contributed by atoms with E-state index >= 15 is 0 Å². The first-order valence-electron chi connectivity index (χ1n) is 7.27. The summed E-state index contributed by atoms with van der Waals surface area (Å²) in [6.45, 7) is 2.45. The molecule has 0 aromatic heterocycles. The molecule has 22 heavy (non-hydrogen) atoms. The molecule has 0 heterocycles. The lowest BCUT2D eigenvalue weighted by Crippen LogP contribution is -2.09. The van der Waals surface area contributed by atoms with Crippen LogP contribution in [0, 0.1) is 0 Å². The minimum Gasteiger partial charge on any atom is -0.493 e. The number of halogens is 1. The first-order valence-corrected chi connectivity index (χ1v) is 9.81. The van der Waals surface area contributed by atoms with Crippen LogP contribution in [0.25, 0.3) is 0 Å². The lowest BCUT2D eigenvalue weighted by Gasteiger charge is -2.11. The third kappa shape index (κ3) is 9.04. The zero-order valence-electron chi connectivity index (χ0n) is 12.8. The van der Waals surface area contributed by atoms with E-state index < -0.39 is 0 Å². The Bertz CT molecular complexity index is 409. The van der Waals surface area contributed by atoms with Crippen LogP contribution in [0.1, 0.15) is 12.8 Å². The zero-order chi connectivity index (χ0) is 16.0. The second-order valence-electron chi connectivity index (χ2n) is 4.46. The molecule has 2 radical (unpaired) electrons. The Morgan fingerprint density at radius 2 is 1.95 bits per heavy atom. The molecule has 124 valence electrons. The van der Waals surface area contributed by atoms with Gasteiger partial charge < -0.3 is 18.6 Å². The fourth-order valence-corrected chi connectivity index (χ4v) is 3.08. The van der Waals surface area contributed by atoms with E-state index in [1.165, 1.54) is 0 Å². The molecule has 0 saturated carbocycles. The molecular weight excluding hydrogens is 384 g/mol. The van der Waals surface area contributed by atoms with Gasteiger partial charge in [-0.3, -0.25) is 0 Å². The first-order chi connectivity index (χ1) is 10.8. The van der Waals surface area contributed by atoms with Gasteiger partial charge >= 0.3 is 0 Å². The third-order valence-corrected chi connectivity index (χ3v) is 4.58. The molecule has 0 aliphatic rings. The molecule has 0 unspecified atom stereocenters. The van der Waals surface area contributed by atoms with E-state index in [-0.39, 0.29) is 0 Å². The molecule has 0 saturated heterocycles. The SMILES string of the molecule is COCCCOc1ccc(Br)c(OCCO[Si]CCCS)c1. The predicted molar refractivity (Wildman–Crippen MR) is 96.6 cm³/mol. The van der Waals surface area contributed by atoms with Gasteiger partial charge in [-0.15, -0.1) is 0 Å². The normalized spacial score (nSPS) is 10.7. The van der Waals surface area contributed by atoms with Gasteiger partial charge in [0.2, 0.25) is 9.76 Å². The van der Waals surface area contributed by atoms with Crippen LogP contribution < -0.4 is 9.47 Å². The van der Waals surface area contributed by atoms with Crippen molar-refractivity contribution < 1.29 is 18.6 Å². The van der Waals surface area contributed by atoms with Gasteiger partial charge in [0.05, 0.1) is 17.7 Å². The standard InChI is InChI=1S/C15H23BrO4SSi/c1-17-6-2-7-18-13-4-5-14(16)15(12-13)19-8-9-20-22-11-3-10-21/h4-5,12,21H,2-3,6-11H2,1H3. The largest absolute Gasteiger partial charge is 0.493 e. The summed E-state index contributed by atoms with van der Waals surface area (Å²) < 4.78 is 22.8. The summed E-state index contributed by atoms with van der Waals surface area (Å²) in [6.07, 6.45) is 1.96. The lowest BCUT2D eigenvalue weighted by atomic mass is 10.3. The molecule has 1 rings (SSSR count). The summed E-state index contributed by atoms with van der Waals surface area (Å²) >= 11 is 7.65. The van der Waals surface area contributed by atoms with Crippen molar-refractivity contribution in [3.63, 3.8) is 0 Å². The highest BCUT2D eigenvalue weighted by Gasteiger charge is 2.04. The van der Waals surface area contributed by atoms with Crippen molar-refractivity contribution >= 4 is 38.3 Å². The van der Waals surface area contributed by atoms with Crippen LogP contribution in [0.2, 0.25) is 6.04 Å². The van der Waals surface area contributed by atoms with Gasteiger partial charge in [0, 0.05) is 26.2 Å². The van der Waals surface area contributed by atoms with Crippen molar-refractivity contribution in [1.82, 2.24) is 0 Å². The molecule has 1 aromatic rings. The molecule has 0 spiro atoms. The number of hydrogen-bond donors (Lipinski definition) is 1. The van der Waals surface area contributed by atoms with E-state index in [9.17, 15) is 0 Å². The van der Waals surface area contributed by atoms with Gasteiger partial charge in [-0.25, -0.2) is 0 Å². The summed E-state index contributed by atoms with van der Waals surface area (Å²) in [4.78, 5) is 0. The van der Waals surface area contributed by atoms with E-state index in [0.717, 1.165) is 40.6 Å². The maximum atomic E-state index is 5.72. The second-order valence-corrected chi connectivity index (χ2v) is 6.83. The lowest BCUT2D eigenvalue weighted by molar-refractivity contribution is 0.172. The third-order valence-electron chi connectivity index (χ3n) is 2.65. The van der Waals surface area contributed by atoms with Crippen LogP contribution in [0.4, 0.5) is 0 Å². The van der Waals surface area contributed by atoms with Crippen molar-refractivity contribution in [2.24, 2.45) is 0 Å². The minimum absolute atomic E-state index is 0.524. The van der Waals surface area contributed by atoms with Crippen LogP contribution in [-0.4, -0.2) is 49.1 Å². The Morgan fingerprint density at radius 1 is 1.09 bits per heavy atom. The molecule has 0 N–H and O–H groups in total. The smallest absolute Gasteiger partial charge is 0.229 e. The second kappa shape index (κ2) is 13.2. The molecule has 4 nitrogen and oxygen atoms in total. The summed E-state index contributed by atoms with van der Waals surface area (Å²) in [5, 5.41) is 0. The molecule has 0 aliphatic carbocycles. The number of rotatable bonds is 13.